The molecule has 3 rings (SSSR count). The molecule has 7 heteroatoms. The first-order chi connectivity index (χ1) is 9.79. The molecule has 0 spiro atoms. The van der Waals surface area contributed by atoms with Crippen LogP contribution < -0.4 is 5.32 Å². The van der Waals surface area contributed by atoms with E-state index in [0.29, 0.717) is 18.1 Å². The highest BCUT2D eigenvalue weighted by Gasteiger charge is 2.11. The summed E-state index contributed by atoms with van der Waals surface area (Å²) in [6, 6.07) is 7.66. The summed E-state index contributed by atoms with van der Waals surface area (Å²) in [7, 11) is 0. The second-order valence-electron chi connectivity index (χ2n) is 4.13. The highest BCUT2D eigenvalue weighted by Crippen LogP contribution is 2.19. The van der Waals surface area contributed by atoms with Crippen molar-refractivity contribution in [2.75, 3.05) is 18.5 Å². The molecule has 0 aliphatic heterocycles. The molecule has 1 N–H and O–H groups in total. The molecule has 7 nitrogen and oxygen atoms in total. The van der Waals surface area contributed by atoms with E-state index in [1.54, 1.807) is 13.3 Å². The predicted octanol–water partition coefficient (Wildman–Crippen LogP) is 1.25. The van der Waals surface area contributed by atoms with Crippen LogP contribution in [0.2, 0.25) is 0 Å². The van der Waals surface area contributed by atoms with Crippen LogP contribution in [0.15, 0.2) is 30.6 Å². The Bertz CT molecular complexity index is 768. The van der Waals surface area contributed by atoms with Crippen LogP contribution in [0.5, 0.6) is 0 Å². The highest BCUT2D eigenvalue weighted by atomic mass is 16.5. The number of esters is 1. The van der Waals surface area contributed by atoms with Crippen molar-refractivity contribution in [3.05, 3.63) is 30.6 Å². The fourth-order valence-corrected chi connectivity index (χ4v) is 1.99. The summed E-state index contributed by atoms with van der Waals surface area (Å²) >= 11 is 0. The number of hydrogen-bond donors (Lipinski definition) is 1. The molecule has 2 aromatic heterocycles. The summed E-state index contributed by atoms with van der Waals surface area (Å²) in [5.74, 6) is 0.175. The lowest BCUT2D eigenvalue weighted by atomic mass is 10.3. The Morgan fingerprint density at radius 2 is 2.25 bits per heavy atom. The van der Waals surface area contributed by atoms with Gasteiger partial charge in [-0.05, 0) is 19.1 Å². The number of ether oxygens (including phenoxy) is 1. The fraction of sp³-hybridized carbons (Fsp3) is 0.231. The van der Waals surface area contributed by atoms with Crippen molar-refractivity contribution < 1.29 is 9.53 Å². The van der Waals surface area contributed by atoms with E-state index in [1.165, 1.54) is 0 Å². The number of aromatic nitrogens is 4. The van der Waals surface area contributed by atoms with Crippen molar-refractivity contribution in [3.8, 4) is 0 Å². The van der Waals surface area contributed by atoms with Crippen LogP contribution >= 0.6 is 0 Å². The monoisotopic (exact) mass is 271 g/mol. The number of hydrogen-bond acceptors (Lipinski definition) is 6. The largest absolute Gasteiger partial charge is 0.465 e. The maximum absolute atomic E-state index is 11.4. The number of rotatable bonds is 4. The molecule has 0 saturated carbocycles. The van der Waals surface area contributed by atoms with Crippen LogP contribution in [0.1, 0.15) is 6.92 Å². The van der Waals surface area contributed by atoms with Gasteiger partial charge >= 0.3 is 5.97 Å². The van der Waals surface area contributed by atoms with Crippen LogP contribution in [0.4, 0.5) is 5.82 Å². The van der Waals surface area contributed by atoms with Crippen molar-refractivity contribution in [1.29, 1.82) is 0 Å². The van der Waals surface area contributed by atoms with Gasteiger partial charge in [-0.2, -0.15) is 0 Å². The first-order valence-corrected chi connectivity index (χ1v) is 6.27. The van der Waals surface area contributed by atoms with Crippen LogP contribution in [0.25, 0.3) is 16.7 Å². The van der Waals surface area contributed by atoms with Gasteiger partial charge in [0.15, 0.2) is 5.82 Å². The van der Waals surface area contributed by atoms with Gasteiger partial charge in [0.1, 0.15) is 12.9 Å². The van der Waals surface area contributed by atoms with Gasteiger partial charge in [0, 0.05) is 0 Å². The van der Waals surface area contributed by atoms with Crippen LogP contribution in [0, 0.1) is 0 Å². The third kappa shape index (κ3) is 2.13. The van der Waals surface area contributed by atoms with Gasteiger partial charge in [0.2, 0.25) is 5.65 Å². The quantitative estimate of drug-likeness (QED) is 0.719. The van der Waals surface area contributed by atoms with Gasteiger partial charge in [-0.15, -0.1) is 10.2 Å². The first kappa shape index (κ1) is 12.3. The summed E-state index contributed by atoms with van der Waals surface area (Å²) in [5, 5.41) is 10.9. The molecule has 0 radical (unpaired) electrons. The van der Waals surface area contributed by atoms with Gasteiger partial charge in [-0.25, -0.2) is 4.98 Å². The van der Waals surface area contributed by atoms with Gasteiger partial charge in [-0.1, -0.05) is 12.1 Å². The number of para-hydroxylation sites is 2. The molecule has 3 aromatic rings. The molecule has 0 amide bonds. The minimum atomic E-state index is -0.333. The average Bonchev–Trinajstić information content (AvgIpc) is 2.95. The summed E-state index contributed by atoms with van der Waals surface area (Å²) in [6.45, 7) is 2.16. The molecule has 1 aromatic carbocycles. The molecule has 0 saturated heterocycles. The zero-order chi connectivity index (χ0) is 13.9. The van der Waals surface area contributed by atoms with Gasteiger partial charge in [0.25, 0.3) is 0 Å². The van der Waals surface area contributed by atoms with Crippen molar-refractivity contribution in [2.45, 2.75) is 6.92 Å². The lowest BCUT2D eigenvalue weighted by Gasteiger charge is -2.08. The van der Waals surface area contributed by atoms with E-state index in [-0.39, 0.29) is 12.5 Å². The van der Waals surface area contributed by atoms with E-state index >= 15 is 0 Å². The number of fused-ring (bicyclic) bond motifs is 3. The van der Waals surface area contributed by atoms with E-state index in [2.05, 4.69) is 20.5 Å². The molecule has 2 heterocycles. The Kier molecular flexibility index (Phi) is 3.16. The standard InChI is InChI=1S/C13H13N5O2/c1-2-20-11(19)7-14-12-13-17-15-8-18(13)10-6-4-3-5-9(10)16-12/h3-6,8H,2,7H2,1H3,(H,14,16). The second-order valence-corrected chi connectivity index (χ2v) is 4.13. The fourth-order valence-electron chi connectivity index (χ4n) is 1.99. The maximum atomic E-state index is 11.4. The second kappa shape index (κ2) is 5.12. The SMILES string of the molecule is CCOC(=O)CNc1nc2ccccc2n2cnnc12. The summed E-state index contributed by atoms with van der Waals surface area (Å²) in [6.07, 6.45) is 1.62. The van der Waals surface area contributed by atoms with Crippen molar-refractivity contribution in [2.24, 2.45) is 0 Å². The Morgan fingerprint density at radius 3 is 3.10 bits per heavy atom. The summed E-state index contributed by atoms with van der Waals surface area (Å²) < 4.78 is 6.70. The zero-order valence-electron chi connectivity index (χ0n) is 10.9. The normalized spacial score (nSPS) is 10.8. The molecule has 0 atom stereocenters. The molecule has 0 fully saturated rings. The molecular weight excluding hydrogens is 258 g/mol. The molecule has 0 aliphatic rings. The average molecular weight is 271 g/mol. The van der Waals surface area contributed by atoms with Crippen LogP contribution in [-0.2, 0) is 9.53 Å². The third-order valence-electron chi connectivity index (χ3n) is 2.84. The van der Waals surface area contributed by atoms with E-state index in [9.17, 15) is 4.79 Å². The third-order valence-corrected chi connectivity index (χ3v) is 2.84. The van der Waals surface area contributed by atoms with Gasteiger partial charge in [0.05, 0.1) is 17.6 Å². The molecular formula is C13H13N5O2. The van der Waals surface area contributed by atoms with Crippen molar-refractivity contribution >= 4 is 28.5 Å². The number of nitrogens with one attached hydrogen (secondary N) is 1. The minimum Gasteiger partial charge on any atom is -0.465 e. The van der Waals surface area contributed by atoms with Gasteiger partial charge < -0.3 is 10.1 Å². The van der Waals surface area contributed by atoms with E-state index < -0.39 is 0 Å². The Morgan fingerprint density at radius 1 is 1.40 bits per heavy atom. The topological polar surface area (TPSA) is 81.4 Å². The molecule has 102 valence electrons. The number of carbonyl (C=O) groups is 1. The minimum absolute atomic E-state index is 0.0434. The number of nitrogens with zero attached hydrogens (tertiary/aromatic N) is 4. The molecule has 0 aliphatic carbocycles. The number of carbonyl (C=O) groups excluding carboxylic acids is 1. The first-order valence-electron chi connectivity index (χ1n) is 6.27. The number of anilines is 1. The molecule has 0 bridgehead atoms. The van der Waals surface area contributed by atoms with Crippen molar-refractivity contribution in [1.82, 2.24) is 19.6 Å². The number of benzene rings is 1. The van der Waals surface area contributed by atoms with E-state index in [4.69, 9.17) is 4.74 Å². The van der Waals surface area contributed by atoms with E-state index in [1.807, 2.05) is 28.7 Å². The summed E-state index contributed by atoms with van der Waals surface area (Å²) in [4.78, 5) is 15.9. The maximum Gasteiger partial charge on any atom is 0.325 e. The highest BCUT2D eigenvalue weighted by molar-refractivity contribution is 5.84. The Balaban J connectivity index is 2.00. The predicted molar refractivity (Wildman–Crippen MR) is 73.4 cm³/mol. The van der Waals surface area contributed by atoms with Crippen molar-refractivity contribution in [3.63, 3.8) is 0 Å². The summed E-state index contributed by atoms with van der Waals surface area (Å²) in [5.41, 5.74) is 2.29. The Hall–Kier alpha value is -2.70. The lowest BCUT2D eigenvalue weighted by molar-refractivity contribution is -0.140. The van der Waals surface area contributed by atoms with Crippen LogP contribution in [0.3, 0.4) is 0 Å². The van der Waals surface area contributed by atoms with Crippen LogP contribution in [-0.4, -0.2) is 38.7 Å². The smallest absolute Gasteiger partial charge is 0.325 e. The molecule has 20 heavy (non-hydrogen) atoms. The van der Waals surface area contributed by atoms with E-state index in [0.717, 1.165) is 11.0 Å². The molecule has 0 unspecified atom stereocenters. The Labute approximate surface area is 114 Å². The lowest BCUT2D eigenvalue weighted by Crippen LogP contribution is -2.18. The zero-order valence-corrected chi connectivity index (χ0v) is 10.9. The van der Waals surface area contributed by atoms with Gasteiger partial charge in [-0.3, -0.25) is 9.20 Å².